The van der Waals surface area contributed by atoms with Crippen LogP contribution in [0.25, 0.3) is 10.9 Å². The number of benzene rings is 1. The molecule has 0 atom stereocenters. The maximum absolute atomic E-state index is 12.7. The molecule has 0 amide bonds. The number of nitrogens with zero attached hydrogens (tertiary/aromatic N) is 3. The first-order chi connectivity index (χ1) is 7.65. The number of fused-ring (bicyclic) bond motifs is 1. The standard InChI is InChI=1S/C9H8F2N4O/c10-8(11)7-5-3-1-2-4-6(5)15(13-7)9(12)14-16/h1-4,8,16H,(H2,12,14). The molecule has 0 unspecified atom stereocenters. The van der Waals surface area contributed by atoms with Gasteiger partial charge in [0.05, 0.1) is 5.52 Å². The minimum Gasteiger partial charge on any atom is -0.408 e. The van der Waals surface area contributed by atoms with Crippen molar-refractivity contribution >= 4 is 16.9 Å². The summed E-state index contributed by atoms with van der Waals surface area (Å²) < 4.78 is 26.3. The predicted molar refractivity (Wildman–Crippen MR) is 53.5 cm³/mol. The van der Waals surface area contributed by atoms with Gasteiger partial charge in [0.15, 0.2) is 0 Å². The van der Waals surface area contributed by atoms with Crippen LogP contribution >= 0.6 is 0 Å². The molecule has 0 aliphatic heterocycles. The van der Waals surface area contributed by atoms with Crippen molar-refractivity contribution in [2.75, 3.05) is 0 Å². The van der Waals surface area contributed by atoms with Crippen molar-refractivity contribution in [3.8, 4) is 0 Å². The largest absolute Gasteiger partial charge is 0.408 e. The Morgan fingerprint density at radius 1 is 1.44 bits per heavy atom. The summed E-state index contributed by atoms with van der Waals surface area (Å²) >= 11 is 0. The highest BCUT2D eigenvalue weighted by atomic mass is 19.3. The van der Waals surface area contributed by atoms with Gasteiger partial charge < -0.3 is 10.9 Å². The van der Waals surface area contributed by atoms with Crippen LogP contribution in [0.5, 0.6) is 0 Å². The molecule has 1 aromatic heterocycles. The molecule has 1 heterocycles. The van der Waals surface area contributed by atoms with E-state index in [9.17, 15) is 8.78 Å². The minimum absolute atomic E-state index is 0.282. The van der Waals surface area contributed by atoms with E-state index in [1.54, 1.807) is 18.2 Å². The molecule has 7 heteroatoms. The molecule has 84 valence electrons. The summed E-state index contributed by atoms with van der Waals surface area (Å²) in [6.07, 6.45) is -2.71. The Morgan fingerprint density at radius 2 is 2.12 bits per heavy atom. The van der Waals surface area contributed by atoms with Gasteiger partial charge in [-0.3, -0.25) is 0 Å². The molecule has 0 aliphatic rings. The molecule has 2 rings (SSSR count). The van der Waals surface area contributed by atoms with Gasteiger partial charge in [0.2, 0.25) is 0 Å². The second-order valence-corrected chi connectivity index (χ2v) is 3.07. The second kappa shape index (κ2) is 3.76. The molecule has 0 radical (unpaired) electrons. The average molecular weight is 226 g/mol. The number of para-hydroxylation sites is 1. The zero-order chi connectivity index (χ0) is 11.7. The van der Waals surface area contributed by atoms with Crippen molar-refractivity contribution in [1.29, 1.82) is 0 Å². The maximum atomic E-state index is 12.7. The van der Waals surface area contributed by atoms with E-state index < -0.39 is 6.43 Å². The van der Waals surface area contributed by atoms with Crippen molar-refractivity contribution < 1.29 is 14.0 Å². The highest BCUT2D eigenvalue weighted by Gasteiger charge is 2.19. The quantitative estimate of drug-likeness (QED) is 0.335. The molecule has 0 bridgehead atoms. The first kappa shape index (κ1) is 10.3. The first-order valence-electron chi connectivity index (χ1n) is 4.39. The lowest BCUT2D eigenvalue weighted by atomic mass is 10.2. The van der Waals surface area contributed by atoms with E-state index in [1.165, 1.54) is 6.07 Å². The van der Waals surface area contributed by atoms with Crippen LogP contribution in [0.3, 0.4) is 0 Å². The van der Waals surface area contributed by atoms with E-state index >= 15 is 0 Å². The lowest BCUT2D eigenvalue weighted by molar-refractivity contribution is 0.147. The van der Waals surface area contributed by atoms with Gasteiger partial charge in [-0.1, -0.05) is 18.2 Å². The van der Waals surface area contributed by atoms with Crippen molar-refractivity contribution in [3.63, 3.8) is 0 Å². The number of oxime groups is 1. The third-order valence-corrected chi connectivity index (χ3v) is 2.14. The Bertz CT molecular complexity index is 549. The number of hydrogen-bond donors (Lipinski definition) is 2. The van der Waals surface area contributed by atoms with Crippen LogP contribution in [0.15, 0.2) is 29.4 Å². The summed E-state index contributed by atoms with van der Waals surface area (Å²) in [5.74, 6) is -0.358. The number of alkyl halides is 2. The third-order valence-electron chi connectivity index (χ3n) is 2.14. The van der Waals surface area contributed by atoms with E-state index in [1.807, 2.05) is 0 Å². The molecule has 2 aromatic rings. The molecule has 0 fully saturated rings. The van der Waals surface area contributed by atoms with Crippen molar-refractivity contribution in [1.82, 2.24) is 9.78 Å². The Morgan fingerprint density at radius 3 is 2.75 bits per heavy atom. The lowest BCUT2D eigenvalue weighted by Crippen LogP contribution is -2.23. The number of aromatic nitrogens is 2. The Hall–Kier alpha value is -2.18. The fourth-order valence-electron chi connectivity index (χ4n) is 1.47. The SMILES string of the molecule is NC(=NO)n1nc(C(F)F)c2ccccc21. The Labute approximate surface area is 88.8 Å². The van der Waals surface area contributed by atoms with Crippen LogP contribution in [-0.4, -0.2) is 20.9 Å². The van der Waals surface area contributed by atoms with Crippen molar-refractivity contribution in [3.05, 3.63) is 30.0 Å². The summed E-state index contributed by atoms with van der Waals surface area (Å²) in [4.78, 5) is 0. The van der Waals surface area contributed by atoms with Crippen LogP contribution in [0.1, 0.15) is 12.1 Å². The molecule has 0 spiro atoms. The second-order valence-electron chi connectivity index (χ2n) is 3.07. The van der Waals surface area contributed by atoms with Crippen LogP contribution < -0.4 is 5.73 Å². The monoisotopic (exact) mass is 226 g/mol. The number of hydrogen-bond acceptors (Lipinski definition) is 3. The molecular weight excluding hydrogens is 218 g/mol. The van der Waals surface area contributed by atoms with Gasteiger partial charge in [0, 0.05) is 5.39 Å². The number of rotatable bonds is 1. The van der Waals surface area contributed by atoms with Gasteiger partial charge >= 0.3 is 0 Å². The van der Waals surface area contributed by atoms with Crippen LogP contribution in [-0.2, 0) is 0 Å². The van der Waals surface area contributed by atoms with Crippen LogP contribution in [0.4, 0.5) is 8.78 Å². The van der Waals surface area contributed by atoms with E-state index in [0.717, 1.165) is 4.68 Å². The van der Waals surface area contributed by atoms with E-state index in [-0.39, 0.29) is 17.0 Å². The number of nitrogens with two attached hydrogens (primary N) is 1. The van der Waals surface area contributed by atoms with E-state index in [2.05, 4.69) is 10.3 Å². The molecule has 16 heavy (non-hydrogen) atoms. The van der Waals surface area contributed by atoms with Crippen LogP contribution in [0.2, 0.25) is 0 Å². The molecule has 3 N–H and O–H groups in total. The zero-order valence-corrected chi connectivity index (χ0v) is 8.01. The Kier molecular flexibility index (Phi) is 2.43. The summed E-state index contributed by atoms with van der Waals surface area (Å²) in [5.41, 5.74) is 5.31. The normalized spacial score (nSPS) is 12.6. The molecule has 5 nitrogen and oxygen atoms in total. The molecule has 0 aliphatic carbocycles. The fraction of sp³-hybridized carbons (Fsp3) is 0.111. The summed E-state index contributed by atoms with van der Waals surface area (Å²) in [7, 11) is 0. The maximum Gasteiger partial charge on any atom is 0.282 e. The van der Waals surface area contributed by atoms with Crippen molar-refractivity contribution in [2.24, 2.45) is 10.9 Å². The lowest BCUT2D eigenvalue weighted by Gasteiger charge is -1.98. The molecule has 0 saturated heterocycles. The minimum atomic E-state index is -2.71. The summed E-state index contributed by atoms with van der Waals surface area (Å²) in [6.45, 7) is 0. The van der Waals surface area contributed by atoms with Gasteiger partial charge in [0.25, 0.3) is 12.4 Å². The topological polar surface area (TPSA) is 76.4 Å². The smallest absolute Gasteiger partial charge is 0.282 e. The molecular formula is C9H8F2N4O. The summed E-state index contributed by atoms with van der Waals surface area (Å²) in [6, 6.07) is 6.34. The Balaban J connectivity index is 2.77. The highest BCUT2D eigenvalue weighted by molar-refractivity contribution is 5.92. The molecule has 1 aromatic carbocycles. The van der Waals surface area contributed by atoms with Gasteiger partial charge in [-0.2, -0.15) is 9.78 Å². The third kappa shape index (κ3) is 1.46. The number of halogens is 2. The van der Waals surface area contributed by atoms with E-state index in [4.69, 9.17) is 10.9 Å². The van der Waals surface area contributed by atoms with Gasteiger partial charge in [0.1, 0.15) is 5.69 Å². The fourth-order valence-corrected chi connectivity index (χ4v) is 1.47. The molecule has 0 saturated carbocycles. The van der Waals surface area contributed by atoms with Gasteiger partial charge in [-0.05, 0) is 11.2 Å². The first-order valence-corrected chi connectivity index (χ1v) is 4.39. The zero-order valence-electron chi connectivity index (χ0n) is 8.01. The van der Waals surface area contributed by atoms with Gasteiger partial charge in [-0.15, -0.1) is 0 Å². The van der Waals surface area contributed by atoms with E-state index in [0.29, 0.717) is 5.52 Å². The van der Waals surface area contributed by atoms with Gasteiger partial charge in [-0.25, -0.2) is 8.78 Å². The van der Waals surface area contributed by atoms with Crippen molar-refractivity contribution in [2.45, 2.75) is 6.43 Å². The summed E-state index contributed by atoms with van der Waals surface area (Å²) in [5, 5.41) is 15.1. The average Bonchev–Trinajstić information content (AvgIpc) is 2.67. The highest BCUT2D eigenvalue weighted by Crippen LogP contribution is 2.26. The van der Waals surface area contributed by atoms with Crippen LogP contribution in [0, 0.1) is 0 Å². The predicted octanol–water partition coefficient (Wildman–Crippen LogP) is 1.53.